The molecule has 28 heavy (non-hydrogen) atoms. The topological polar surface area (TPSA) is 0 Å². The summed E-state index contributed by atoms with van der Waals surface area (Å²) in [5.41, 5.74) is 0.927. The first-order chi connectivity index (χ1) is 13.5. The second-order valence-corrected chi connectivity index (χ2v) is 10.0. The van der Waals surface area contributed by atoms with E-state index in [2.05, 4.69) is 19.1 Å². The van der Waals surface area contributed by atoms with Crippen LogP contribution in [0.15, 0.2) is 24.3 Å². The molecule has 1 aromatic carbocycles. The Labute approximate surface area is 169 Å². The van der Waals surface area contributed by atoms with Gasteiger partial charge in [0.2, 0.25) is 0 Å². The van der Waals surface area contributed by atoms with E-state index in [9.17, 15) is 8.78 Å². The predicted octanol–water partition coefficient (Wildman–Crippen LogP) is 7.96. The van der Waals surface area contributed by atoms with Crippen molar-refractivity contribution >= 4 is 0 Å². The first-order valence-electron chi connectivity index (χ1n) is 11.7. The fourth-order valence-corrected chi connectivity index (χ4v) is 6.24. The van der Waals surface area contributed by atoms with Gasteiger partial charge in [-0.2, -0.15) is 0 Å². The molecule has 0 aromatic heterocycles. The average molecular weight is 387 g/mol. The van der Waals surface area contributed by atoms with Gasteiger partial charge in [0.25, 0.3) is 0 Å². The van der Waals surface area contributed by atoms with E-state index in [1.54, 1.807) is 19.1 Å². The zero-order chi connectivity index (χ0) is 19.7. The van der Waals surface area contributed by atoms with Crippen LogP contribution in [0.5, 0.6) is 0 Å². The molecule has 2 atom stereocenters. The number of halogens is 2. The number of rotatable bonds is 3. The van der Waals surface area contributed by atoms with Crippen molar-refractivity contribution in [2.24, 2.45) is 29.6 Å². The zero-order valence-corrected chi connectivity index (χ0v) is 17.6. The van der Waals surface area contributed by atoms with Crippen molar-refractivity contribution in [3.8, 4) is 0 Å². The summed E-state index contributed by atoms with van der Waals surface area (Å²) in [5, 5.41) is 0. The van der Waals surface area contributed by atoms with Gasteiger partial charge >= 0.3 is 0 Å². The number of hydrogen-bond acceptors (Lipinski definition) is 0. The third-order valence-electron chi connectivity index (χ3n) is 8.26. The molecule has 0 aliphatic heterocycles. The van der Waals surface area contributed by atoms with Crippen molar-refractivity contribution in [1.29, 1.82) is 0 Å². The van der Waals surface area contributed by atoms with Gasteiger partial charge < -0.3 is 0 Å². The van der Waals surface area contributed by atoms with Crippen LogP contribution < -0.4 is 0 Å². The first-order valence-corrected chi connectivity index (χ1v) is 11.7. The summed E-state index contributed by atoms with van der Waals surface area (Å²) in [5.74, 6) is 3.06. The lowest BCUT2D eigenvalue weighted by Crippen LogP contribution is -2.28. The third-order valence-corrected chi connectivity index (χ3v) is 8.26. The summed E-state index contributed by atoms with van der Waals surface area (Å²) in [6.07, 6.45) is 17.9. The highest BCUT2D eigenvalue weighted by atomic mass is 19.2. The van der Waals surface area contributed by atoms with Gasteiger partial charge in [-0.3, -0.25) is 0 Å². The second kappa shape index (κ2) is 8.67. The highest BCUT2D eigenvalue weighted by Gasteiger charge is 2.33. The molecule has 3 aliphatic rings. The molecular formula is C26H36F2. The monoisotopic (exact) mass is 386 g/mol. The molecule has 0 saturated heterocycles. The van der Waals surface area contributed by atoms with E-state index >= 15 is 0 Å². The molecule has 3 aliphatic carbocycles. The summed E-state index contributed by atoms with van der Waals surface area (Å²) < 4.78 is 28.3. The van der Waals surface area contributed by atoms with Crippen LogP contribution in [0.25, 0.3) is 0 Å². The molecule has 154 valence electrons. The van der Waals surface area contributed by atoms with Crippen LogP contribution in [0.2, 0.25) is 0 Å². The lowest BCUT2D eigenvalue weighted by atomic mass is 9.66. The van der Waals surface area contributed by atoms with E-state index in [0.29, 0.717) is 17.0 Å². The van der Waals surface area contributed by atoms with Gasteiger partial charge in [0.15, 0.2) is 11.6 Å². The minimum Gasteiger partial charge on any atom is -0.203 e. The molecule has 0 radical (unpaired) electrons. The number of benzene rings is 1. The average Bonchev–Trinajstić information content (AvgIpc) is 2.73. The molecule has 4 rings (SSSR count). The van der Waals surface area contributed by atoms with Crippen LogP contribution in [-0.2, 0) is 0 Å². The molecule has 0 spiro atoms. The van der Waals surface area contributed by atoms with Gasteiger partial charge in [-0.15, -0.1) is 0 Å². The fraction of sp³-hybridized carbons (Fsp3) is 0.692. The van der Waals surface area contributed by atoms with Crippen molar-refractivity contribution in [3.63, 3.8) is 0 Å². The number of hydrogen-bond donors (Lipinski definition) is 0. The Morgan fingerprint density at radius 1 is 0.679 bits per heavy atom. The SMILES string of the molecule is Cc1ccc(C2C=CC(C3CCC(C4CCC(C)CC4)CC3)CC2)c(F)c1F. The molecule has 1 aromatic rings. The van der Waals surface area contributed by atoms with Crippen molar-refractivity contribution in [2.45, 2.75) is 84.0 Å². The highest BCUT2D eigenvalue weighted by molar-refractivity contribution is 5.31. The van der Waals surface area contributed by atoms with Gasteiger partial charge in [0.05, 0.1) is 0 Å². The molecule has 2 saturated carbocycles. The summed E-state index contributed by atoms with van der Waals surface area (Å²) in [6, 6.07) is 3.49. The molecule has 0 amide bonds. The highest BCUT2D eigenvalue weighted by Crippen LogP contribution is 2.45. The number of aryl methyl sites for hydroxylation is 1. The molecule has 0 nitrogen and oxygen atoms in total. The maximum Gasteiger partial charge on any atom is 0.162 e. The lowest BCUT2D eigenvalue weighted by molar-refractivity contribution is 0.133. The van der Waals surface area contributed by atoms with Gasteiger partial charge in [-0.1, -0.05) is 44.1 Å². The van der Waals surface area contributed by atoms with Gasteiger partial charge in [0.1, 0.15) is 0 Å². The van der Waals surface area contributed by atoms with E-state index in [-0.39, 0.29) is 5.92 Å². The van der Waals surface area contributed by atoms with Crippen molar-refractivity contribution in [1.82, 2.24) is 0 Å². The van der Waals surface area contributed by atoms with Crippen molar-refractivity contribution in [3.05, 3.63) is 47.0 Å². The Kier molecular flexibility index (Phi) is 6.23. The largest absolute Gasteiger partial charge is 0.203 e. The molecule has 0 N–H and O–H groups in total. The van der Waals surface area contributed by atoms with E-state index in [1.807, 2.05) is 0 Å². The van der Waals surface area contributed by atoms with Crippen LogP contribution in [0.4, 0.5) is 8.78 Å². The summed E-state index contributed by atoms with van der Waals surface area (Å²) in [4.78, 5) is 0. The normalized spacial score (nSPS) is 36.4. The van der Waals surface area contributed by atoms with Crippen molar-refractivity contribution in [2.75, 3.05) is 0 Å². The maximum absolute atomic E-state index is 14.3. The first kappa shape index (κ1) is 20.1. The minimum absolute atomic E-state index is 0.0342. The van der Waals surface area contributed by atoms with Crippen LogP contribution in [0, 0.1) is 48.1 Å². The predicted molar refractivity (Wildman–Crippen MR) is 112 cm³/mol. The Bertz CT molecular complexity index is 691. The van der Waals surface area contributed by atoms with E-state index in [4.69, 9.17) is 0 Å². The fourth-order valence-electron chi connectivity index (χ4n) is 6.24. The second-order valence-electron chi connectivity index (χ2n) is 10.0. The Balaban J connectivity index is 1.32. The summed E-state index contributed by atoms with van der Waals surface area (Å²) >= 11 is 0. The van der Waals surface area contributed by atoms with E-state index in [0.717, 1.165) is 36.5 Å². The van der Waals surface area contributed by atoms with E-state index < -0.39 is 11.6 Å². The van der Waals surface area contributed by atoms with Gasteiger partial charge in [-0.25, -0.2) is 8.78 Å². The van der Waals surface area contributed by atoms with E-state index in [1.165, 1.54) is 51.4 Å². The van der Waals surface area contributed by atoms with Gasteiger partial charge in [-0.05, 0) is 99.0 Å². The molecule has 2 fully saturated rings. The van der Waals surface area contributed by atoms with Crippen LogP contribution >= 0.6 is 0 Å². The van der Waals surface area contributed by atoms with Crippen molar-refractivity contribution < 1.29 is 8.78 Å². The molecule has 2 heteroatoms. The van der Waals surface area contributed by atoms with Crippen LogP contribution in [0.3, 0.4) is 0 Å². The lowest BCUT2D eigenvalue weighted by Gasteiger charge is -2.39. The number of allylic oxidation sites excluding steroid dienone is 2. The third kappa shape index (κ3) is 4.21. The standard InChI is InChI=1S/C26H36F2/c1-17-3-6-19(7-4-17)20-8-10-21(11-9-20)22-12-14-23(15-13-22)24-16-5-18(2)25(27)26(24)28/h5,12,14,16-17,19-23H,3-4,6-11,13,15H2,1-2H3. The Morgan fingerprint density at radius 3 is 1.89 bits per heavy atom. The van der Waals surface area contributed by atoms with Crippen LogP contribution in [0.1, 0.15) is 88.2 Å². The van der Waals surface area contributed by atoms with Crippen LogP contribution in [-0.4, -0.2) is 0 Å². The Morgan fingerprint density at radius 2 is 1.29 bits per heavy atom. The zero-order valence-electron chi connectivity index (χ0n) is 17.6. The molecule has 2 unspecified atom stereocenters. The quantitative estimate of drug-likeness (QED) is 0.462. The Hall–Kier alpha value is -1.18. The minimum atomic E-state index is -0.677. The smallest absolute Gasteiger partial charge is 0.162 e. The molecular weight excluding hydrogens is 350 g/mol. The summed E-state index contributed by atoms with van der Waals surface area (Å²) in [6.45, 7) is 4.03. The molecule has 0 bridgehead atoms. The van der Waals surface area contributed by atoms with Gasteiger partial charge in [0, 0.05) is 5.92 Å². The maximum atomic E-state index is 14.3. The molecule has 0 heterocycles. The summed E-state index contributed by atoms with van der Waals surface area (Å²) in [7, 11) is 0.